The van der Waals surface area contributed by atoms with Gasteiger partial charge < -0.3 is 9.84 Å². The highest BCUT2D eigenvalue weighted by molar-refractivity contribution is 6.30. The number of ether oxygens (including phenoxy) is 1. The van der Waals surface area contributed by atoms with Crippen molar-refractivity contribution in [2.75, 3.05) is 7.11 Å². The number of aromatic hydroxyl groups is 1. The molecular weight excluding hydrogens is 192 g/mol. The van der Waals surface area contributed by atoms with E-state index < -0.39 is 5.97 Å². The third-order valence-electron chi connectivity index (χ3n) is 1.61. The summed E-state index contributed by atoms with van der Waals surface area (Å²) in [4.78, 5) is 10.9. The molecule has 0 amide bonds. The van der Waals surface area contributed by atoms with Gasteiger partial charge in [0.1, 0.15) is 5.75 Å². The summed E-state index contributed by atoms with van der Waals surface area (Å²) in [5, 5.41) is 9.78. The van der Waals surface area contributed by atoms with Gasteiger partial charge in [0.05, 0.1) is 13.5 Å². The van der Waals surface area contributed by atoms with E-state index in [4.69, 9.17) is 11.6 Å². The predicted molar refractivity (Wildman–Crippen MR) is 48.8 cm³/mol. The minimum atomic E-state index is -0.391. The Bertz CT molecular complexity index is 323. The summed E-state index contributed by atoms with van der Waals surface area (Å²) in [6.45, 7) is 0. The van der Waals surface area contributed by atoms with Gasteiger partial charge in [-0.05, 0) is 12.1 Å². The molecule has 0 aliphatic rings. The molecule has 70 valence electrons. The Labute approximate surface area is 80.9 Å². The van der Waals surface area contributed by atoms with Crippen LogP contribution in [0.1, 0.15) is 5.56 Å². The standard InChI is InChI=1S/C9H9ClO3/c1-13-9(12)4-6-2-3-7(10)5-8(6)11/h2-3,5,11H,4H2,1H3. The van der Waals surface area contributed by atoms with E-state index in [1.165, 1.54) is 13.2 Å². The van der Waals surface area contributed by atoms with Crippen LogP contribution in [-0.4, -0.2) is 18.2 Å². The fraction of sp³-hybridized carbons (Fsp3) is 0.222. The summed E-state index contributed by atoms with van der Waals surface area (Å²) in [6, 6.07) is 4.59. The van der Waals surface area contributed by atoms with Crippen LogP contribution in [0.2, 0.25) is 5.02 Å². The number of methoxy groups -OCH3 is 1. The number of phenols is 1. The average Bonchev–Trinajstić information content (AvgIpc) is 2.09. The van der Waals surface area contributed by atoms with E-state index in [0.29, 0.717) is 10.6 Å². The van der Waals surface area contributed by atoms with Crippen molar-refractivity contribution < 1.29 is 14.6 Å². The van der Waals surface area contributed by atoms with Crippen LogP contribution in [0.3, 0.4) is 0 Å². The molecule has 0 aliphatic carbocycles. The van der Waals surface area contributed by atoms with E-state index in [1.54, 1.807) is 12.1 Å². The van der Waals surface area contributed by atoms with Crippen LogP contribution in [0.15, 0.2) is 18.2 Å². The highest BCUT2D eigenvalue weighted by Crippen LogP contribution is 2.22. The van der Waals surface area contributed by atoms with Crippen LogP contribution < -0.4 is 0 Å². The van der Waals surface area contributed by atoms with Crippen molar-refractivity contribution in [3.8, 4) is 5.75 Å². The lowest BCUT2D eigenvalue weighted by Crippen LogP contribution is -2.04. The lowest BCUT2D eigenvalue weighted by molar-refractivity contribution is -0.139. The molecule has 0 unspecified atom stereocenters. The van der Waals surface area contributed by atoms with Gasteiger partial charge in [-0.25, -0.2) is 0 Å². The first-order chi connectivity index (χ1) is 6.13. The van der Waals surface area contributed by atoms with Crippen molar-refractivity contribution in [2.24, 2.45) is 0 Å². The molecule has 0 fully saturated rings. The van der Waals surface area contributed by atoms with Crippen molar-refractivity contribution in [1.29, 1.82) is 0 Å². The van der Waals surface area contributed by atoms with Gasteiger partial charge in [0.25, 0.3) is 0 Å². The number of esters is 1. The normalized spacial score (nSPS) is 9.69. The summed E-state index contributed by atoms with van der Waals surface area (Å²) in [5.41, 5.74) is 0.510. The number of halogens is 1. The number of hydrogen-bond donors (Lipinski definition) is 1. The maximum absolute atomic E-state index is 10.9. The topological polar surface area (TPSA) is 46.5 Å². The zero-order valence-corrected chi connectivity index (χ0v) is 7.84. The molecule has 13 heavy (non-hydrogen) atoms. The quantitative estimate of drug-likeness (QED) is 0.740. The second-order valence-corrected chi connectivity index (χ2v) is 2.96. The van der Waals surface area contributed by atoms with Crippen LogP contribution in [0.4, 0.5) is 0 Å². The Morgan fingerprint density at radius 2 is 2.31 bits per heavy atom. The van der Waals surface area contributed by atoms with Gasteiger partial charge in [0, 0.05) is 10.6 Å². The monoisotopic (exact) mass is 200 g/mol. The van der Waals surface area contributed by atoms with E-state index in [0.717, 1.165) is 0 Å². The highest BCUT2D eigenvalue weighted by atomic mass is 35.5. The van der Waals surface area contributed by atoms with Gasteiger partial charge in [-0.3, -0.25) is 4.79 Å². The minimum Gasteiger partial charge on any atom is -0.508 e. The van der Waals surface area contributed by atoms with Crippen LogP contribution in [0.25, 0.3) is 0 Å². The predicted octanol–water partition coefficient (Wildman–Crippen LogP) is 1.76. The Morgan fingerprint density at radius 1 is 1.62 bits per heavy atom. The SMILES string of the molecule is COC(=O)Cc1ccc(Cl)cc1O. The fourth-order valence-corrected chi connectivity index (χ4v) is 1.08. The average molecular weight is 201 g/mol. The number of carbonyl (C=O) groups excluding carboxylic acids is 1. The molecule has 0 saturated carbocycles. The first-order valence-electron chi connectivity index (χ1n) is 3.67. The van der Waals surface area contributed by atoms with Crippen LogP contribution in [0.5, 0.6) is 5.75 Å². The van der Waals surface area contributed by atoms with Crippen LogP contribution in [0, 0.1) is 0 Å². The van der Waals surface area contributed by atoms with E-state index in [1.807, 2.05) is 0 Å². The van der Waals surface area contributed by atoms with E-state index in [-0.39, 0.29) is 12.2 Å². The highest BCUT2D eigenvalue weighted by Gasteiger charge is 2.07. The third-order valence-corrected chi connectivity index (χ3v) is 1.84. The molecule has 0 radical (unpaired) electrons. The fourth-order valence-electron chi connectivity index (χ4n) is 0.914. The second-order valence-electron chi connectivity index (χ2n) is 2.53. The maximum atomic E-state index is 10.9. The molecule has 0 bridgehead atoms. The molecule has 3 nitrogen and oxygen atoms in total. The molecule has 0 aliphatic heterocycles. The van der Waals surface area contributed by atoms with Crippen molar-refractivity contribution in [3.05, 3.63) is 28.8 Å². The summed E-state index contributed by atoms with van der Waals surface area (Å²) >= 11 is 5.61. The second kappa shape index (κ2) is 4.14. The number of phenolic OH excluding ortho intramolecular Hbond substituents is 1. The Kier molecular flexibility index (Phi) is 3.14. The van der Waals surface area contributed by atoms with Crippen LogP contribution >= 0.6 is 11.6 Å². The molecule has 1 aromatic carbocycles. The largest absolute Gasteiger partial charge is 0.508 e. The van der Waals surface area contributed by atoms with E-state index in [2.05, 4.69) is 4.74 Å². The zero-order chi connectivity index (χ0) is 9.84. The number of rotatable bonds is 2. The van der Waals surface area contributed by atoms with Crippen molar-refractivity contribution >= 4 is 17.6 Å². The Hall–Kier alpha value is -1.22. The Balaban J connectivity index is 2.83. The zero-order valence-electron chi connectivity index (χ0n) is 7.08. The van der Waals surface area contributed by atoms with Gasteiger partial charge in [-0.2, -0.15) is 0 Å². The minimum absolute atomic E-state index is 0.0119. The van der Waals surface area contributed by atoms with Gasteiger partial charge in [0.15, 0.2) is 0 Å². The molecule has 0 spiro atoms. The summed E-state index contributed by atoms with van der Waals surface area (Å²) in [6.07, 6.45) is 0.0551. The van der Waals surface area contributed by atoms with Crippen LogP contribution in [-0.2, 0) is 16.0 Å². The molecule has 0 saturated heterocycles. The maximum Gasteiger partial charge on any atom is 0.310 e. The molecule has 1 N–H and O–H groups in total. The Morgan fingerprint density at radius 3 is 2.85 bits per heavy atom. The van der Waals surface area contributed by atoms with Gasteiger partial charge in [-0.15, -0.1) is 0 Å². The summed E-state index contributed by atoms with van der Waals surface area (Å²) in [7, 11) is 1.30. The van der Waals surface area contributed by atoms with E-state index >= 15 is 0 Å². The summed E-state index contributed by atoms with van der Waals surface area (Å²) in [5.74, 6) is -0.379. The smallest absolute Gasteiger partial charge is 0.310 e. The number of benzene rings is 1. The lowest BCUT2D eigenvalue weighted by Gasteiger charge is -2.02. The van der Waals surface area contributed by atoms with Crippen molar-refractivity contribution in [2.45, 2.75) is 6.42 Å². The van der Waals surface area contributed by atoms with Gasteiger partial charge in [-0.1, -0.05) is 17.7 Å². The molecule has 1 aromatic rings. The first-order valence-corrected chi connectivity index (χ1v) is 4.05. The van der Waals surface area contributed by atoms with Crippen molar-refractivity contribution in [3.63, 3.8) is 0 Å². The molecule has 0 atom stereocenters. The first kappa shape index (κ1) is 9.86. The van der Waals surface area contributed by atoms with Gasteiger partial charge >= 0.3 is 5.97 Å². The van der Waals surface area contributed by atoms with E-state index in [9.17, 15) is 9.90 Å². The molecular formula is C9H9ClO3. The van der Waals surface area contributed by atoms with Gasteiger partial charge in [0.2, 0.25) is 0 Å². The molecule has 0 heterocycles. The molecule has 1 rings (SSSR count). The summed E-state index contributed by atoms with van der Waals surface area (Å²) < 4.78 is 4.46. The number of carbonyl (C=O) groups is 1. The lowest BCUT2D eigenvalue weighted by atomic mass is 10.1. The molecule has 0 aromatic heterocycles. The number of hydrogen-bond acceptors (Lipinski definition) is 3. The van der Waals surface area contributed by atoms with Crippen molar-refractivity contribution in [1.82, 2.24) is 0 Å². The third kappa shape index (κ3) is 2.63. The molecule has 4 heteroatoms.